The van der Waals surface area contributed by atoms with Crippen LogP contribution in [0.15, 0.2) is 23.4 Å². The molecule has 0 amide bonds. The molecule has 2 rings (SSSR count). The van der Waals surface area contributed by atoms with Crippen molar-refractivity contribution in [3.63, 3.8) is 0 Å². The van der Waals surface area contributed by atoms with Crippen LogP contribution in [0.1, 0.15) is 38.2 Å². The fraction of sp³-hybridized carbons (Fsp3) is 0.615. The van der Waals surface area contributed by atoms with Crippen LogP contribution in [-0.4, -0.2) is 19.4 Å². The molecule has 1 aliphatic carbocycles. The highest BCUT2D eigenvalue weighted by molar-refractivity contribution is 7.89. The summed E-state index contributed by atoms with van der Waals surface area (Å²) in [6.45, 7) is 2.36. The first-order valence-corrected chi connectivity index (χ1v) is 8.20. The SMILES string of the molecule is CCC(CC1CC1)NS(=O)(=O)c1ccc(CN)cn1. The third kappa shape index (κ3) is 3.99. The Balaban J connectivity index is 2.06. The molecule has 3 N–H and O–H groups in total. The third-order valence-corrected chi connectivity index (χ3v) is 4.87. The zero-order chi connectivity index (χ0) is 13.9. The molecule has 1 aromatic rings. The molecule has 106 valence electrons. The van der Waals surface area contributed by atoms with E-state index >= 15 is 0 Å². The second kappa shape index (κ2) is 5.98. The summed E-state index contributed by atoms with van der Waals surface area (Å²) in [4.78, 5) is 3.97. The average Bonchev–Trinajstić information content (AvgIpc) is 3.21. The molecular weight excluding hydrogens is 262 g/mol. The Morgan fingerprint density at radius 2 is 2.21 bits per heavy atom. The first kappa shape index (κ1) is 14.4. The van der Waals surface area contributed by atoms with E-state index in [4.69, 9.17) is 5.73 Å². The number of pyridine rings is 1. The van der Waals surface area contributed by atoms with Gasteiger partial charge in [0, 0.05) is 18.8 Å². The maximum Gasteiger partial charge on any atom is 0.258 e. The van der Waals surface area contributed by atoms with Crippen molar-refractivity contribution in [3.05, 3.63) is 23.9 Å². The Bertz CT molecular complexity index is 509. The molecule has 1 atom stereocenters. The van der Waals surface area contributed by atoms with Crippen molar-refractivity contribution in [3.8, 4) is 0 Å². The van der Waals surface area contributed by atoms with Crippen molar-refractivity contribution >= 4 is 10.0 Å². The topological polar surface area (TPSA) is 85.1 Å². The van der Waals surface area contributed by atoms with Crippen LogP contribution in [0.3, 0.4) is 0 Å². The van der Waals surface area contributed by atoms with Crippen LogP contribution in [-0.2, 0) is 16.6 Å². The Kier molecular flexibility index (Phi) is 4.54. The fourth-order valence-corrected chi connectivity index (χ4v) is 3.29. The number of nitrogens with two attached hydrogens (primary N) is 1. The van der Waals surface area contributed by atoms with E-state index in [1.54, 1.807) is 6.07 Å². The van der Waals surface area contributed by atoms with Gasteiger partial charge in [-0.15, -0.1) is 0 Å². The molecule has 0 bridgehead atoms. The van der Waals surface area contributed by atoms with Gasteiger partial charge in [0.2, 0.25) is 0 Å². The summed E-state index contributed by atoms with van der Waals surface area (Å²) < 4.78 is 27.1. The minimum atomic E-state index is -3.52. The molecule has 19 heavy (non-hydrogen) atoms. The summed E-state index contributed by atoms with van der Waals surface area (Å²) in [6, 6.07) is 3.21. The molecule has 1 aliphatic rings. The zero-order valence-electron chi connectivity index (χ0n) is 11.2. The van der Waals surface area contributed by atoms with E-state index in [2.05, 4.69) is 9.71 Å². The highest BCUT2D eigenvalue weighted by Crippen LogP contribution is 2.34. The van der Waals surface area contributed by atoms with Crippen molar-refractivity contribution in [2.45, 2.75) is 50.2 Å². The number of sulfonamides is 1. The zero-order valence-corrected chi connectivity index (χ0v) is 12.0. The van der Waals surface area contributed by atoms with Crippen molar-refractivity contribution in [1.82, 2.24) is 9.71 Å². The second-order valence-corrected chi connectivity index (χ2v) is 6.78. The summed E-state index contributed by atoms with van der Waals surface area (Å²) in [7, 11) is -3.52. The quantitative estimate of drug-likeness (QED) is 0.792. The van der Waals surface area contributed by atoms with Gasteiger partial charge in [-0.05, 0) is 30.4 Å². The highest BCUT2D eigenvalue weighted by Gasteiger charge is 2.27. The average molecular weight is 283 g/mol. The Morgan fingerprint density at radius 3 is 2.68 bits per heavy atom. The molecule has 0 radical (unpaired) electrons. The maximum atomic E-state index is 12.2. The van der Waals surface area contributed by atoms with Gasteiger partial charge in [-0.2, -0.15) is 0 Å². The molecule has 1 saturated carbocycles. The summed E-state index contributed by atoms with van der Waals surface area (Å²) in [5, 5.41) is 0.0685. The molecule has 0 aliphatic heterocycles. The lowest BCUT2D eigenvalue weighted by atomic mass is 10.1. The minimum absolute atomic E-state index is 0.00786. The van der Waals surface area contributed by atoms with E-state index < -0.39 is 10.0 Å². The lowest BCUT2D eigenvalue weighted by Crippen LogP contribution is -2.35. The molecule has 1 heterocycles. The lowest BCUT2D eigenvalue weighted by molar-refractivity contribution is 0.493. The first-order valence-electron chi connectivity index (χ1n) is 6.72. The third-order valence-electron chi connectivity index (χ3n) is 3.44. The normalized spacial score (nSPS) is 17.4. The van der Waals surface area contributed by atoms with Crippen molar-refractivity contribution in [2.75, 3.05) is 0 Å². The summed E-state index contributed by atoms with van der Waals surface area (Å²) in [5.41, 5.74) is 6.29. The van der Waals surface area contributed by atoms with Crippen LogP contribution in [0, 0.1) is 5.92 Å². The van der Waals surface area contributed by atoms with Gasteiger partial charge >= 0.3 is 0 Å². The predicted molar refractivity (Wildman–Crippen MR) is 73.9 cm³/mol. The molecular formula is C13H21N3O2S. The van der Waals surface area contributed by atoms with E-state index in [0.29, 0.717) is 12.5 Å². The van der Waals surface area contributed by atoms with Crippen molar-refractivity contribution in [2.24, 2.45) is 11.7 Å². The number of nitrogens with one attached hydrogen (secondary N) is 1. The fourth-order valence-electron chi connectivity index (χ4n) is 2.02. The summed E-state index contributed by atoms with van der Waals surface area (Å²) in [6.07, 6.45) is 5.69. The number of nitrogens with zero attached hydrogens (tertiary/aromatic N) is 1. The molecule has 1 fully saturated rings. The van der Waals surface area contributed by atoms with Gasteiger partial charge in [-0.1, -0.05) is 25.8 Å². The first-order chi connectivity index (χ1) is 9.05. The number of hydrogen-bond donors (Lipinski definition) is 2. The van der Waals surface area contributed by atoms with Crippen LogP contribution in [0.2, 0.25) is 0 Å². The minimum Gasteiger partial charge on any atom is -0.326 e. The molecule has 0 spiro atoms. The van der Waals surface area contributed by atoms with Gasteiger partial charge in [0.1, 0.15) is 0 Å². The predicted octanol–water partition coefficient (Wildman–Crippen LogP) is 1.40. The van der Waals surface area contributed by atoms with Crippen LogP contribution < -0.4 is 10.5 Å². The van der Waals surface area contributed by atoms with E-state index in [0.717, 1.165) is 18.4 Å². The Morgan fingerprint density at radius 1 is 1.47 bits per heavy atom. The van der Waals surface area contributed by atoms with E-state index in [1.165, 1.54) is 25.1 Å². The summed E-state index contributed by atoms with van der Waals surface area (Å²) >= 11 is 0. The smallest absolute Gasteiger partial charge is 0.258 e. The van der Waals surface area contributed by atoms with Gasteiger partial charge in [0.05, 0.1) is 0 Å². The van der Waals surface area contributed by atoms with Crippen LogP contribution in [0.25, 0.3) is 0 Å². The van der Waals surface area contributed by atoms with Crippen molar-refractivity contribution < 1.29 is 8.42 Å². The van der Waals surface area contributed by atoms with Gasteiger partial charge in [0.15, 0.2) is 5.03 Å². The van der Waals surface area contributed by atoms with Gasteiger partial charge in [-0.3, -0.25) is 0 Å². The summed E-state index contributed by atoms with van der Waals surface area (Å²) in [5.74, 6) is 0.695. The molecule has 6 heteroatoms. The maximum absolute atomic E-state index is 12.2. The Hall–Kier alpha value is -0.980. The number of rotatable bonds is 7. The molecule has 0 saturated heterocycles. The highest BCUT2D eigenvalue weighted by atomic mass is 32.2. The monoisotopic (exact) mass is 283 g/mol. The van der Waals surface area contributed by atoms with E-state index in [1.807, 2.05) is 6.92 Å². The van der Waals surface area contributed by atoms with Gasteiger partial charge in [0.25, 0.3) is 10.0 Å². The van der Waals surface area contributed by atoms with Crippen LogP contribution >= 0.6 is 0 Å². The standard InChI is InChI=1S/C13H21N3O2S/c1-2-12(7-10-3-4-10)16-19(17,18)13-6-5-11(8-14)9-15-13/h5-6,9-10,12,16H,2-4,7-8,14H2,1H3. The molecule has 1 aromatic heterocycles. The van der Waals surface area contributed by atoms with Crippen molar-refractivity contribution in [1.29, 1.82) is 0 Å². The van der Waals surface area contributed by atoms with Gasteiger partial charge < -0.3 is 5.73 Å². The van der Waals surface area contributed by atoms with E-state index in [-0.39, 0.29) is 11.1 Å². The van der Waals surface area contributed by atoms with Crippen LogP contribution in [0.5, 0.6) is 0 Å². The lowest BCUT2D eigenvalue weighted by Gasteiger charge is -2.16. The molecule has 5 nitrogen and oxygen atoms in total. The number of aromatic nitrogens is 1. The van der Waals surface area contributed by atoms with Gasteiger partial charge in [-0.25, -0.2) is 18.1 Å². The number of hydrogen-bond acceptors (Lipinski definition) is 4. The second-order valence-electron chi connectivity index (χ2n) is 5.11. The molecule has 1 unspecified atom stereocenters. The van der Waals surface area contributed by atoms with Crippen LogP contribution in [0.4, 0.5) is 0 Å². The Labute approximate surface area is 114 Å². The largest absolute Gasteiger partial charge is 0.326 e. The van der Waals surface area contributed by atoms with E-state index in [9.17, 15) is 8.42 Å². The molecule has 0 aromatic carbocycles.